The minimum Gasteiger partial charge on any atom is -0.374 e. The largest absolute Gasteiger partial charge is 0.374 e. The molecule has 3 fully saturated rings. The molecule has 3 aliphatic rings. The molecule has 5 atom stereocenters. The van der Waals surface area contributed by atoms with E-state index in [2.05, 4.69) is 26.1 Å². The van der Waals surface area contributed by atoms with Crippen LogP contribution >= 0.6 is 0 Å². The van der Waals surface area contributed by atoms with Crippen molar-refractivity contribution in [3.05, 3.63) is 0 Å². The second kappa shape index (κ2) is 4.69. The second-order valence-electron chi connectivity index (χ2n) is 8.30. The van der Waals surface area contributed by atoms with Crippen molar-refractivity contribution in [2.75, 3.05) is 7.05 Å². The molecule has 3 rings (SSSR count). The number of primary amides is 1. The summed E-state index contributed by atoms with van der Waals surface area (Å²) in [5, 5.41) is 3.14. The predicted molar refractivity (Wildman–Crippen MR) is 82.7 cm³/mol. The third-order valence-electron chi connectivity index (χ3n) is 7.49. The quantitative estimate of drug-likeness (QED) is 0.835. The standard InChI is InChI=1S/C17H30N2O2/c1-15(2)11-5-7-16(15,3)13(9-11)21-12-6-8-17(10-12,19-4)14(18)20/h11-13,19H,5-10H2,1-4H3,(H2,18,20). The first kappa shape index (κ1) is 15.3. The summed E-state index contributed by atoms with van der Waals surface area (Å²) in [6, 6.07) is 0. The van der Waals surface area contributed by atoms with Crippen LogP contribution in [-0.4, -0.2) is 30.7 Å². The fourth-order valence-electron chi connectivity index (χ4n) is 5.26. The Morgan fingerprint density at radius 2 is 1.95 bits per heavy atom. The third-order valence-corrected chi connectivity index (χ3v) is 7.49. The van der Waals surface area contributed by atoms with E-state index in [0.717, 1.165) is 25.2 Å². The van der Waals surface area contributed by atoms with Crippen molar-refractivity contribution < 1.29 is 9.53 Å². The van der Waals surface area contributed by atoms with Crippen molar-refractivity contribution in [2.45, 2.75) is 77.0 Å². The lowest BCUT2D eigenvalue weighted by molar-refractivity contribution is -0.125. The monoisotopic (exact) mass is 294 g/mol. The van der Waals surface area contributed by atoms with E-state index in [1.54, 1.807) is 0 Å². The van der Waals surface area contributed by atoms with Gasteiger partial charge in [-0.1, -0.05) is 20.8 Å². The lowest BCUT2D eigenvalue weighted by Gasteiger charge is -2.40. The highest BCUT2D eigenvalue weighted by atomic mass is 16.5. The summed E-state index contributed by atoms with van der Waals surface area (Å²) >= 11 is 0. The van der Waals surface area contributed by atoms with E-state index >= 15 is 0 Å². The fourth-order valence-corrected chi connectivity index (χ4v) is 5.26. The molecule has 120 valence electrons. The zero-order valence-corrected chi connectivity index (χ0v) is 13.9. The number of amides is 1. The van der Waals surface area contributed by atoms with E-state index in [1.807, 2.05) is 7.05 Å². The highest BCUT2D eigenvalue weighted by Gasteiger charge is 2.62. The van der Waals surface area contributed by atoms with Crippen molar-refractivity contribution in [1.82, 2.24) is 5.32 Å². The SMILES string of the molecule is CNC1(C(N)=O)CCC(OC2CC3CCC2(C)C3(C)C)C1. The predicted octanol–water partition coefficient (Wildman–Crippen LogP) is 2.21. The summed E-state index contributed by atoms with van der Waals surface area (Å²) < 4.78 is 6.50. The number of nitrogens with two attached hydrogens (primary N) is 1. The molecule has 4 heteroatoms. The fraction of sp³-hybridized carbons (Fsp3) is 0.941. The Balaban J connectivity index is 1.69. The summed E-state index contributed by atoms with van der Waals surface area (Å²) in [6.45, 7) is 7.22. The highest BCUT2D eigenvalue weighted by molar-refractivity contribution is 5.85. The number of ether oxygens (including phenoxy) is 1. The molecule has 0 aromatic carbocycles. The number of rotatable bonds is 4. The Bertz CT molecular complexity index is 450. The van der Waals surface area contributed by atoms with Crippen molar-refractivity contribution in [1.29, 1.82) is 0 Å². The topological polar surface area (TPSA) is 64.3 Å². The van der Waals surface area contributed by atoms with Crippen LogP contribution in [0.25, 0.3) is 0 Å². The molecule has 0 heterocycles. The third kappa shape index (κ3) is 1.98. The van der Waals surface area contributed by atoms with Crippen LogP contribution in [-0.2, 0) is 9.53 Å². The molecule has 5 unspecified atom stereocenters. The maximum absolute atomic E-state index is 11.7. The van der Waals surface area contributed by atoms with Gasteiger partial charge >= 0.3 is 0 Å². The maximum atomic E-state index is 11.7. The molecule has 3 saturated carbocycles. The van der Waals surface area contributed by atoms with Crippen LogP contribution in [0, 0.1) is 16.7 Å². The first-order valence-corrected chi connectivity index (χ1v) is 8.39. The summed E-state index contributed by atoms with van der Waals surface area (Å²) in [6.07, 6.45) is 6.75. The zero-order chi connectivity index (χ0) is 15.5. The van der Waals surface area contributed by atoms with Crippen LogP contribution in [0.4, 0.5) is 0 Å². The van der Waals surface area contributed by atoms with E-state index in [0.29, 0.717) is 11.5 Å². The molecule has 0 spiro atoms. The summed E-state index contributed by atoms with van der Waals surface area (Å²) in [7, 11) is 1.83. The van der Waals surface area contributed by atoms with Gasteiger partial charge in [0, 0.05) is 6.42 Å². The molecule has 21 heavy (non-hydrogen) atoms. The molecule has 0 saturated heterocycles. The van der Waals surface area contributed by atoms with Crippen LogP contribution < -0.4 is 11.1 Å². The van der Waals surface area contributed by atoms with E-state index in [9.17, 15) is 4.79 Å². The first-order valence-electron chi connectivity index (χ1n) is 8.39. The average molecular weight is 294 g/mol. The van der Waals surface area contributed by atoms with Gasteiger partial charge in [0.2, 0.25) is 5.91 Å². The van der Waals surface area contributed by atoms with Crippen molar-refractivity contribution >= 4 is 5.91 Å². The van der Waals surface area contributed by atoms with Crippen LogP contribution in [0.3, 0.4) is 0 Å². The number of fused-ring (bicyclic) bond motifs is 2. The molecule has 0 aliphatic heterocycles. The Morgan fingerprint density at radius 1 is 1.24 bits per heavy atom. The smallest absolute Gasteiger partial charge is 0.237 e. The zero-order valence-electron chi connectivity index (χ0n) is 13.9. The van der Waals surface area contributed by atoms with E-state index in [1.165, 1.54) is 19.3 Å². The summed E-state index contributed by atoms with van der Waals surface area (Å²) in [5.74, 6) is 0.551. The maximum Gasteiger partial charge on any atom is 0.237 e. The van der Waals surface area contributed by atoms with Gasteiger partial charge in [-0.15, -0.1) is 0 Å². The lowest BCUT2D eigenvalue weighted by Crippen LogP contribution is -2.52. The highest BCUT2D eigenvalue weighted by Crippen LogP contribution is 2.66. The van der Waals surface area contributed by atoms with Gasteiger partial charge in [0.25, 0.3) is 0 Å². The van der Waals surface area contributed by atoms with E-state index < -0.39 is 5.54 Å². The molecular weight excluding hydrogens is 264 g/mol. The lowest BCUT2D eigenvalue weighted by atomic mass is 9.70. The van der Waals surface area contributed by atoms with Gasteiger partial charge in [-0.2, -0.15) is 0 Å². The average Bonchev–Trinajstić information content (AvgIpc) is 2.99. The number of hydrogen-bond donors (Lipinski definition) is 2. The van der Waals surface area contributed by atoms with Crippen LogP contribution in [0.5, 0.6) is 0 Å². The summed E-state index contributed by atoms with van der Waals surface area (Å²) in [5.41, 5.74) is 5.69. The van der Waals surface area contributed by atoms with Crippen molar-refractivity contribution in [3.63, 3.8) is 0 Å². The molecule has 4 nitrogen and oxygen atoms in total. The number of carbonyl (C=O) groups is 1. The second-order valence-corrected chi connectivity index (χ2v) is 8.30. The molecule has 3 aliphatic carbocycles. The minimum atomic E-state index is -0.557. The van der Waals surface area contributed by atoms with Gasteiger partial charge in [-0.05, 0) is 55.9 Å². The summed E-state index contributed by atoms with van der Waals surface area (Å²) in [4.78, 5) is 11.7. The molecule has 1 amide bonds. The Morgan fingerprint density at radius 3 is 2.38 bits per heavy atom. The van der Waals surface area contributed by atoms with Crippen LogP contribution in [0.1, 0.15) is 59.3 Å². The van der Waals surface area contributed by atoms with Gasteiger partial charge in [-0.3, -0.25) is 4.79 Å². The van der Waals surface area contributed by atoms with Crippen LogP contribution in [0.2, 0.25) is 0 Å². The Kier molecular flexibility index (Phi) is 3.42. The molecule has 2 bridgehead atoms. The number of carbonyl (C=O) groups excluding carboxylic acids is 1. The molecule has 3 N–H and O–H groups in total. The first-order chi connectivity index (χ1) is 9.75. The van der Waals surface area contributed by atoms with Gasteiger partial charge in [0.05, 0.1) is 17.7 Å². The number of nitrogens with one attached hydrogen (secondary N) is 1. The molecule has 0 radical (unpaired) electrons. The minimum absolute atomic E-state index is 0.168. The van der Waals surface area contributed by atoms with Gasteiger partial charge < -0.3 is 15.8 Å². The molecular formula is C17H30N2O2. The number of hydrogen-bond acceptors (Lipinski definition) is 3. The van der Waals surface area contributed by atoms with Gasteiger partial charge in [-0.25, -0.2) is 0 Å². The molecule has 0 aromatic rings. The van der Waals surface area contributed by atoms with Crippen molar-refractivity contribution in [3.8, 4) is 0 Å². The Labute approximate surface area is 128 Å². The van der Waals surface area contributed by atoms with E-state index in [4.69, 9.17) is 10.5 Å². The van der Waals surface area contributed by atoms with Gasteiger partial charge in [0.15, 0.2) is 0 Å². The van der Waals surface area contributed by atoms with Crippen LogP contribution in [0.15, 0.2) is 0 Å². The Hall–Kier alpha value is -0.610. The van der Waals surface area contributed by atoms with Crippen molar-refractivity contribution in [2.24, 2.45) is 22.5 Å². The van der Waals surface area contributed by atoms with Gasteiger partial charge in [0.1, 0.15) is 0 Å². The molecule has 0 aromatic heterocycles. The normalized spacial score (nSPS) is 47.9. The van der Waals surface area contributed by atoms with E-state index in [-0.39, 0.29) is 17.4 Å². The number of likely N-dealkylation sites (N-methyl/N-ethyl adjacent to an activating group) is 1.